The number of hydrogen-bond acceptors (Lipinski definition) is 3. The number of carbonyl (C=O) groups excluding carboxylic acids is 2. The highest BCUT2D eigenvalue weighted by molar-refractivity contribution is 5.84. The van der Waals surface area contributed by atoms with Gasteiger partial charge in [-0.2, -0.15) is 0 Å². The van der Waals surface area contributed by atoms with Crippen LogP contribution in [0.15, 0.2) is 0 Å². The zero-order valence-corrected chi connectivity index (χ0v) is 14.6. The summed E-state index contributed by atoms with van der Waals surface area (Å²) in [5, 5.41) is 13.1. The number of nitrogens with one attached hydrogen (secondary N) is 1. The number of amides is 3. The molecule has 24 heavy (non-hydrogen) atoms. The van der Waals surface area contributed by atoms with Gasteiger partial charge in [-0.3, -0.25) is 4.79 Å². The number of aliphatic hydroxyl groups excluding tert-OH is 1. The third-order valence-corrected chi connectivity index (χ3v) is 5.94. The molecule has 2 N–H and O–H groups in total. The van der Waals surface area contributed by atoms with Crippen LogP contribution in [0.25, 0.3) is 0 Å². The van der Waals surface area contributed by atoms with Gasteiger partial charge in [0.25, 0.3) is 0 Å². The fourth-order valence-electron chi connectivity index (χ4n) is 4.59. The van der Waals surface area contributed by atoms with Crippen LogP contribution in [-0.2, 0) is 4.79 Å². The van der Waals surface area contributed by atoms with E-state index in [1.807, 2.05) is 9.80 Å². The van der Waals surface area contributed by atoms with Gasteiger partial charge in [0, 0.05) is 31.6 Å². The van der Waals surface area contributed by atoms with Crippen LogP contribution in [0, 0.1) is 5.92 Å². The lowest BCUT2D eigenvalue weighted by molar-refractivity contribution is -0.131. The van der Waals surface area contributed by atoms with Crippen LogP contribution in [-0.4, -0.2) is 65.2 Å². The van der Waals surface area contributed by atoms with E-state index in [4.69, 9.17) is 0 Å². The van der Waals surface area contributed by atoms with Gasteiger partial charge >= 0.3 is 6.03 Å². The van der Waals surface area contributed by atoms with Crippen LogP contribution < -0.4 is 5.32 Å². The van der Waals surface area contributed by atoms with Crippen LogP contribution in [0.3, 0.4) is 0 Å². The number of aliphatic hydroxyl groups is 1. The fourth-order valence-corrected chi connectivity index (χ4v) is 4.59. The van der Waals surface area contributed by atoms with Gasteiger partial charge in [-0.1, -0.05) is 12.8 Å². The number of carbonyl (C=O) groups is 2. The Morgan fingerprint density at radius 2 is 1.67 bits per heavy atom. The van der Waals surface area contributed by atoms with E-state index in [0.717, 1.165) is 71.0 Å². The maximum atomic E-state index is 12.6. The summed E-state index contributed by atoms with van der Waals surface area (Å²) >= 11 is 0. The molecule has 0 radical (unpaired) electrons. The first-order chi connectivity index (χ1) is 11.7. The molecule has 0 aromatic rings. The molecule has 2 heterocycles. The summed E-state index contributed by atoms with van der Waals surface area (Å²) in [6.45, 7) is 2.46. The largest absolute Gasteiger partial charge is 0.393 e. The van der Waals surface area contributed by atoms with Crippen LogP contribution in [0.5, 0.6) is 0 Å². The Morgan fingerprint density at radius 1 is 0.917 bits per heavy atom. The van der Waals surface area contributed by atoms with Gasteiger partial charge < -0.3 is 20.2 Å². The Hall–Kier alpha value is -1.30. The van der Waals surface area contributed by atoms with E-state index in [9.17, 15) is 14.7 Å². The average Bonchev–Trinajstić information content (AvgIpc) is 3.10. The summed E-state index contributed by atoms with van der Waals surface area (Å²) in [6, 6.07) is -0.00831. The third kappa shape index (κ3) is 4.02. The quantitative estimate of drug-likeness (QED) is 0.824. The highest BCUT2D eigenvalue weighted by Crippen LogP contribution is 2.34. The molecule has 1 aliphatic carbocycles. The van der Waals surface area contributed by atoms with E-state index in [2.05, 4.69) is 5.32 Å². The Kier molecular flexibility index (Phi) is 5.98. The van der Waals surface area contributed by atoms with E-state index in [0.29, 0.717) is 0 Å². The van der Waals surface area contributed by atoms with Crippen molar-refractivity contribution in [2.24, 2.45) is 5.92 Å². The van der Waals surface area contributed by atoms with Crippen molar-refractivity contribution in [1.82, 2.24) is 15.1 Å². The van der Waals surface area contributed by atoms with Crippen molar-refractivity contribution >= 4 is 11.9 Å². The molecule has 3 rings (SSSR count). The predicted molar refractivity (Wildman–Crippen MR) is 91.5 cm³/mol. The minimum Gasteiger partial charge on any atom is -0.393 e. The standard InChI is InChI=1S/C18H31N3O3/c22-16-9-3-2-7-14(16)15-8-6-12-21(15)18(24)19-13-17(23)20-10-4-1-5-11-20/h14-16,22H,1-13H2,(H,19,24)/t14-,15-,16-/m1/s1. The molecule has 0 spiro atoms. The molecule has 1 saturated carbocycles. The smallest absolute Gasteiger partial charge is 0.318 e. The number of hydrogen-bond donors (Lipinski definition) is 2. The predicted octanol–water partition coefficient (Wildman–Crippen LogP) is 1.72. The van der Waals surface area contributed by atoms with Crippen LogP contribution in [0.4, 0.5) is 4.79 Å². The molecule has 3 aliphatic rings. The van der Waals surface area contributed by atoms with Crippen LogP contribution in [0.1, 0.15) is 57.8 Å². The summed E-state index contributed by atoms with van der Waals surface area (Å²) in [7, 11) is 0. The second kappa shape index (κ2) is 8.19. The molecule has 3 atom stereocenters. The second-order valence-corrected chi connectivity index (χ2v) is 7.52. The van der Waals surface area contributed by atoms with Crippen LogP contribution in [0.2, 0.25) is 0 Å². The number of piperidine rings is 1. The zero-order chi connectivity index (χ0) is 16.9. The minimum atomic E-state index is -0.285. The molecule has 2 saturated heterocycles. The SMILES string of the molecule is O=C(CNC(=O)N1CCC[C@@H]1[C@H]1CCCC[C@H]1O)N1CCCCC1. The van der Waals surface area contributed by atoms with E-state index in [1.54, 1.807) is 0 Å². The molecule has 0 aromatic carbocycles. The molecule has 0 unspecified atom stereocenters. The highest BCUT2D eigenvalue weighted by Gasteiger charge is 2.39. The molecular weight excluding hydrogens is 306 g/mol. The minimum absolute atomic E-state index is 0.0245. The van der Waals surface area contributed by atoms with E-state index < -0.39 is 0 Å². The number of urea groups is 1. The van der Waals surface area contributed by atoms with Gasteiger partial charge in [-0.15, -0.1) is 0 Å². The molecular formula is C18H31N3O3. The van der Waals surface area contributed by atoms with Crippen molar-refractivity contribution in [3.05, 3.63) is 0 Å². The maximum absolute atomic E-state index is 12.6. The summed E-state index contributed by atoms with van der Waals surface area (Å²) in [6.07, 6.45) is 9.06. The summed E-state index contributed by atoms with van der Waals surface area (Å²) in [5.74, 6) is 0.223. The highest BCUT2D eigenvalue weighted by atomic mass is 16.3. The molecule has 0 bridgehead atoms. The first-order valence-corrected chi connectivity index (χ1v) is 9.67. The number of nitrogens with zero attached hydrogens (tertiary/aromatic N) is 2. The Balaban J connectivity index is 1.50. The Bertz CT molecular complexity index is 451. The first kappa shape index (κ1) is 17.5. The van der Waals surface area contributed by atoms with Gasteiger partial charge in [0.2, 0.25) is 5.91 Å². The molecule has 0 aromatic heterocycles. The third-order valence-electron chi connectivity index (χ3n) is 5.94. The van der Waals surface area contributed by atoms with E-state index in [1.165, 1.54) is 6.42 Å². The van der Waals surface area contributed by atoms with Gasteiger partial charge in [-0.05, 0) is 44.9 Å². The van der Waals surface area contributed by atoms with Crippen molar-refractivity contribution in [3.8, 4) is 0 Å². The van der Waals surface area contributed by atoms with E-state index in [-0.39, 0.29) is 36.5 Å². The van der Waals surface area contributed by atoms with Gasteiger partial charge in [0.05, 0.1) is 12.6 Å². The normalized spacial score (nSPS) is 31.1. The molecule has 2 aliphatic heterocycles. The molecule has 3 fully saturated rings. The van der Waals surface area contributed by atoms with Gasteiger partial charge in [-0.25, -0.2) is 4.79 Å². The lowest BCUT2D eigenvalue weighted by Crippen LogP contribution is -2.51. The van der Waals surface area contributed by atoms with Gasteiger partial charge in [0.1, 0.15) is 0 Å². The zero-order valence-electron chi connectivity index (χ0n) is 14.6. The van der Waals surface area contributed by atoms with Crippen LogP contribution >= 0.6 is 0 Å². The van der Waals surface area contributed by atoms with Crippen molar-refractivity contribution in [2.45, 2.75) is 69.9 Å². The summed E-state index contributed by atoms with van der Waals surface area (Å²) in [4.78, 5) is 28.5. The van der Waals surface area contributed by atoms with Gasteiger partial charge in [0.15, 0.2) is 0 Å². The lowest BCUT2D eigenvalue weighted by Gasteiger charge is -2.37. The fraction of sp³-hybridized carbons (Fsp3) is 0.889. The molecule has 6 nitrogen and oxygen atoms in total. The first-order valence-electron chi connectivity index (χ1n) is 9.67. The van der Waals surface area contributed by atoms with Crippen molar-refractivity contribution in [2.75, 3.05) is 26.2 Å². The number of likely N-dealkylation sites (tertiary alicyclic amines) is 2. The average molecular weight is 337 g/mol. The molecule has 6 heteroatoms. The van der Waals surface area contributed by atoms with Crippen molar-refractivity contribution < 1.29 is 14.7 Å². The second-order valence-electron chi connectivity index (χ2n) is 7.52. The monoisotopic (exact) mass is 337 g/mol. The summed E-state index contributed by atoms with van der Waals surface area (Å²) in [5.41, 5.74) is 0. The van der Waals surface area contributed by atoms with Crippen molar-refractivity contribution in [3.63, 3.8) is 0 Å². The topological polar surface area (TPSA) is 72.9 Å². The lowest BCUT2D eigenvalue weighted by atomic mass is 9.80. The number of rotatable bonds is 3. The summed E-state index contributed by atoms with van der Waals surface area (Å²) < 4.78 is 0. The van der Waals surface area contributed by atoms with E-state index >= 15 is 0 Å². The Morgan fingerprint density at radius 3 is 2.42 bits per heavy atom. The molecule has 136 valence electrons. The molecule has 3 amide bonds. The van der Waals surface area contributed by atoms with Crippen molar-refractivity contribution in [1.29, 1.82) is 0 Å². The Labute approximate surface area is 144 Å². The maximum Gasteiger partial charge on any atom is 0.318 e.